The monoisotopic (exact) mass is 646 g/mol. The molecule has 2 aromatic rings. The zero-order valence-electron chi connectivity index (χ0n) is 26.8. The summed E-state index contributed by atoms with van der Waals surface area (Å²) in [5.74, 6) is -1.87. The molecule has 1 aliphatic carbocycles. The summed E-state index contributed by atoms with van der Waals surface area (Å²) in [6, 6.07) is 9.45. The topological polar surface area (TPSA) is 129 Å². The lowest BCUT2D eigenvalue weighted by atomic mass is 9.90. The quantitative estimate of drug-likeness (QED) is 0.422. The first kappa shape index (κ1) is 32.4. The third-order valence-electron chi connectivity index (χ3n) is 9.03. The molecule has 10 nitrogen and oxygen atoms in total. The average molecular weight is 647 g/mol. The first-order valence-electron chi connectivity index (χ1n) is 15.1. The maximum atomic E-state index is 14.8. The second-order valence-corrected chi connectivity index (χ2v) is 20.9. The Bertz CT molecular complexity index is 1440. The van der Waals surface area contributed by atoms with E-state index in [0.717, 1.165) is 12.8 Å². The van der Waals surface area contributed by atoms with Crippen molar-refractivity contribution in [3.8, 4) is 23.0 Å². The van der Waals surface area contributed by atoms with Crippen LogP contribution in [0.25, 0.3) is 0 Å². The van der Waals surface area contributed by atoms with Gasteiger partial charge in [0, 0.05) is 22.4 Å². The van der Waals surface area contributed by atoms with Gasteiger partial charge in [-0.2, -0.15) is 0 Å². The molecule has 0 bridgehead atoms. The van der Waals surface area contributed by atoms with Gasteiger partial charge in [0.05, 0.1) is 14.2 Å². The number of benzene rings is 2. The zero-order valence-corrected chi connectivity index (χ0v) is 28.6. The van der Waals surface area contributed by atoms with Crippen molar-refractivity contribution in [2.45, 2.75) is 101 Å². The van der Waals surface area contributed by atoms with Gasteiger partial charge in [0.1, 0.15) is 33.6 Å². The molecular weight excluding hydrogens is 602 g/mol. The summed E-state index contributed by atoms with van der Waals surface area (Å²) in [4.78, 5) is 27.9. The van der Waals surface area contributed by atoms with E-state index in [4.69, 9.17) is 18.9 Å². The molecule has 0 spiro atoms. The Hall–Kier alpha value is -2.96. The highest BCUT2D eigenvalue weighted by atomic mass is 31.2. The van der Waals surface area contributed by atoms with E-state index in [1.807, 2.05) is 41.5 Å². The van der Waals surface area contributed by atoms with Crippen LogP contribution in [0.2, 0.25) is 0 Å². The molecule has 240 valence electrons. The van der Waals surface area contributed by atoms with Gasteiger partial charge < -0.3 is 38.7 Å². The lowest BCUT2D eigenvalue weighted by Crippen LogP contribution is -2.57. The highest BCUT2D eigenvalue weighted by molar-refractivity contribution is 7.75. The van der Waals surface area contributed by atoms with Gasteiger partial charge in [-0.25, -0.2) is 0 Å². The first-order valence-corrected chi connectivity index (χ1v) is 18.6. The summed E-state index contributed by atoms with van der Waals surface area (Å²) >= 11 is 0. The maximum Gasteiger partial charge on any atom is 0.269 e. The Morgan fingerprint density at radius 3 is 1.39 bits per heavy atom. The molecule has 2 amide bonds. The lowest BCUT2D eigenvalue weighted by Gasteiger charge is -2.37. The molecule has 44 heavy (non-hydrogen) atoms. The van der Waals surface area contributed by atoms with E-state index in [1.165, 1.54) is 14.2 Å². The number of nitrogens with one attached hydrogen (secondary N) is 2. The molecule has 5 rings (SSSR count). The van der Waals surface area contributed by atoms with Crippen LogP contribution in [0.1, 0.15) is 67.2 Å². The SMILES string of the molecule is COc1cccc2c1[P@@](=O)(C(C)(C)C)[C@H](C(=O)N[C@H]1CCCC[C@@H]1NC(=O)[C@@H]1Oc3cccc(OC)c3[P@@]1(=O)C(C)(C)C)O2. The zero-order chi connectivity index (χ0) is 32.2. The molecule has 12 heteroatoms. The number of methoxy groups -OCH3 is 2. The van der Waals surface area contributed by atoms with E-state index in [-0.39, 0.29) is 0 Å². The number of hydrogen-bond donors (Lipinski definition) is 2. The fourth-order valence-electron chi connectivity index (χ4n) is 6.60. The molecule has 0 unspecified atom stereocenters. The normalized spacial score (nSPS) is 29.5. The van der Waals surface area contributed by atoms with Crippen LogP contribution in [0.15, 0.2) is 36.4 Å². The van der Waals surface area contributed by atoms with Gasteiger partial charge >= 0.3 is 0 Å². The molecule has 0 saturated heterocycles. The van der Waals surface area contributed by atoms with Crippen LogP contribution in [0, 0.1) is 0 Å². The summed E-state index contributed by atoms with van der Waals surface area (Å²) in [5, 5.41) is 5.44. The Labute approximate surface area is 259 Å². The van der Waals surface area contributed by atoms with Gasteiger partial charge in [-0.15, -0.1) is 0 Å². The minimum Gasteiger partial charge on any atom is -0.496 e. The van der Waals surface area contributed by atoms with Gasteiger partial charge in [-0.1, -0.05) is 66.5 Å². The highest BCUT2D eigenvalue weighted by Gasteiger charge is 2.59. The third kappa shape index (κ3) is 5.02. The minimum absolute atomic E-state index is 0.377. The molecule has 1 fully saturated rings. The van der Waals surface area contributed by atoms with Gasteiger partial charge in [0.25, 0.3) is 11.8 Å². The molecule has 2 heterocycles. The number of ether oxygens (including phenoxy) is 4. The summed E-state index contributed by atoms with van der Waals surface area (Å²) in [6.45, 7) is 11.0. The summed E-state index contributed by atoms with van der Waals surface area (Å²) in [6.07, 6.45) is 2.90. The fraction of sp³-hybridized carbons (Fsp3) is 0.562. The van der Waals surface area contributed by atoms with E-state index in [9.17, 15) is 18.7 Å². The van der Waals surface area contributed by atoms with E-state index < -0.39 is 60.2 Å². The van der Waals surface area contributed by atoms with Crippen LogP contribution >= 0.6 is 14.3 Å². The van der Waals surface area contributed by atoms with Crippen molar-refractivity contribution in [2.75, 3.05) is 14.2 Å². The molecule has 3 aliphatic rings. The minimum atomic E-state index is -3.49. The highest BCUT2D eigenvalue weighted by Crippen LogP contribution is 2.68. The molecule has 6 atom stereocenters. The summed E-state index contributed by atoms with van der Waals surface area (Å²) < 4.78 is 52.9. The Balaban J connectivity index is 1.40. The van der Waals surface area contributed by atoms with Crippen LogP contribution in [0.5, 0.6) is 23.0 Å². The average Bonchev–Trinajstić information content (AvgIpc) is 3.47. The second-order valence-electron chi connectivity index (χ2n) is 13.7. The molecule has 2 N–H and O–H groups in total. The van der Waals surface area contributed by atoms with Gasteiger partial charge in [-0.3, -0.25) is 9.59 Å². The van der Waals surface area contributed by atoms with Crippen LogP contribution in [-0.4, -0.2) is 60.1 Å². The predicted octanol–water partition coefficient (Wildman–Crippen LogP) is 4.96. The Morgan fingerprint density at radius 1 is 0.705 bits per heavy atom. The van der Waals surface area contributed by atoms with Gasteiger partial charge in [0.2, 0.25) is 11.7 Å². The molecule has 2 aromatic carbocycles. The van der Waals surface area contributed by atoms with Crippen LogP contribution in [0.4, 0.5) is 0 Å². The molecular formula is C32H44N2O8P2. The van der Waals surface area contributed by atoms with E-state index in [1.54, 1.807) is 36.4 Å². The van der Waals surface area contributed by atoms with Crippen molar-refractivity contribution in [2.24, 2.45) is 0 Å². The first-order chi connectivity index (χ1) is 20.6. The third-order valence-corrected chi connectivity index (χ3v) is 17.2. The Morgan fingerprint density at radius 2 is 1.07 bits per heavy atom. The summed E-state index contributed by atoms with van der Waals surface area (Å²) in [7, 11) is -3.96. The largest absolute Gasteiger partial charge is 0.496 e. The molecule has 0 aromatic heterocycles. The number of carbonyl (C=O) groups is 2. The van der Waals surface area contributed by atoms with Gasteiger partial charge in [0.15, 0.2) is 14.3 Å². The van der Waals surface area contributed by atoms with Crippen molar-refractivity contribution >= 4 is 36.7 Å². The van der Waals surface area contributed by atoms with E-state index >= 15 is 0 Å². The lowest BCUT2D eigenvalue weighted by molar-refractivity contribution is -0.128. The molecule has 2 aliphatic heterocycles. The van der Waals surface area contributed by atoms with Crippen LogP contribution in [-0.2, 0) is 18.7 Å². The smallest absolute Gasteiger partial charge is 0.269 e. The standard InChI is InChI=1S/C32H44N2O8P2/c1-31(2,3)43(37)25-21(39-7)15-11-17-23(25)41-29(43)27(35)33-19-13-9-10-14-20(19)34-28(36)30-42-24-18-12-16-22(40-8)26(24)44(30,38)32(4,5)6/h11-12,15-20,29-30H,9-10,13-14H2,1-8H3,(H,33,35)(H,34,36)/t19-,20-,29+,30+,43-,44-/m0/s1. The second kappa shape index (κ2) is 11.4. The number of carbonyl (C=O) groups excluding carboxylic acids is 2. The van der Waals surface area contributed by atoms with Crippen LogP contribution < -0.4 is 40.2 Å². The number of fused-ring (bicyclic) bond motifs is 2. The predicted molar refractivity (Wildman–Crippen MR) is 171 cm³/mol. The van der Waals surface area contributed by atoms with Gasteiger partial charge in [-0.05, 0) is 37.1 Å². The maximum absolute atomic E-state index is 14.8. The van der Waals surface area contributed by atoms with Crippen molar-refractivity contribution in [1.82, 2.24) is 10.6 Å². The van der Waals surface area contributed by atoms with Crippen molar-refractivity contribution in [3.63, 3.8) is 0 Å². The number of rotatable bonds is 6. The molecule has 0 radical (unpaired) electrons. The molecule has 1 saturated carbocycles. The van der Waals surface area contributed by atoms with E-state index in [0.29, 0.717) is 46.4 Å². The van der Waals surface area contributed by atoms with Crippen molar-refractivity contribution in [3.05, 3.63) is 36.4 Å². The number of amides is 2. The summed E-state index contributed by atoms with van der Waals surface area (Å²) in [5.41, 5.74) is 0. The number of hydrogen-bond acceptors (Lipinski definition) is 8. The fourth-order valence-corrected chi connectivity index (χ4v) is 13.0. The van der Waals surface area contributed by atoms with E-state index in [2.05, 4.69) is 10.6 Å². The van der Waals surface area contributed by atoms with Crippen molar-refractivity contribution < 1.29 is 37.7 Å². The van der Waals surface area contributed by atoms with Crippen molar-refractivity contribution in [1.29, 1.82) is 0 Å². The van der Waals surface area contributed by atoms with Crippen LogP contribution in [0.3, 0.4) is 0 Å². The Kier molecular flexibility index (Phi) is 8.43.